The molecule has 3 rings (SSSR count). The van der Waals surface area contributed by atoms with Gasteiger partial charge in [-0.25, -0.2) is 9.97 Å². The fraction of sp³-hybridized carbons (Fsp3) is 0.333. The van der Waals surface area contributed by atoms with Crippen molar-refractivity contribution < 1.29 is 19.7 Å². The number of guanidine groups is 1. The van der Waals surface area contributed by atoms with Gasteiger partial charge >= 0.3 is 0 Å². The number of rotatable bonds is 10. The van der Waals surface area contributed by atoms with E-state index >= 15 is 0 Å². The van der Waals surface area contributed by atoms with Gasteiger partial charge in [-0.2, -0.15) is 0 Å². The molecule has 0 fully saturated rings. The zero-order chi connectivity index (χ0) is 25.4. The molecule has 1 amide bonds. The topological polar surface area (TPSA) is 192 Å². The number of unbranched alkanes of at least 4 members (excludes halogenated alkanes) is 1. The van der Waals surface area contributed by atoms with Gasteiger partial charge < -0.3 is 31.7 Å². The maximum absolute atomic E-state index is 12.3. The van der Waals surface area contributed by atoms with Crippen molar-refractivity contribution >= 4 is 34.3 Å². The number of carbonyl (C=O) groups is 1. The summed E-state index contributed by atoms with van der Waals surface area (Å²) in [7, 11) is 0. The van der Waals surface area contributed by atoms with Crippen LogP contribution in [0.1, 0.15) is 34.6 Å². The Bertz CT molecular complexity index is 1200. The maximum atomic E-state index is 12.3. The molecular formula is C24H31N7O4. The average molecular weight is 482 g/mol. The normalized spacial score (nSPS) is 11.7. The summed E-state index contributed by atoms with van der Waals surface area (Å²) in [6.45, 7) is 1.78. The Morgan fingerprint density at radius 1 is 1.11 bits per heavy atom. The monoisotopic (exact) mass is 481 g/mol. The van der Waals surface area contributed by atoms with Gasteiger partial charge in [0.15, 0.2) is 17.5 Å². The second-order valence-corrected chi connectivity index (χ2v) is 8.06. The molecule has 0 aliphatic heterocycles. The first-order valence-electron chi connectivity index (χ1n) is 11.3. The summed E-state index contributed by atoms with van der Waals surface area (Å²) < 4.78 is 5.68. The van der Waals surface area contributed by atoms with Gasteiger partial charge in [0, 0.05) is 11.9 Å². The number of aliphatic hydroxyl groups excluding tert-OH is 2. The largest absolute Gasteiger partial charge is 0.490 e. The van der Waals surface area contributed by atoms with E-state index in [0.717, 1.165) is 35.6 Å². The smallest absolute Gasteiger partial charge is 0.280 e. The summed E-state index contributed by atoms with van der Waals surface area (Å²) in [5, 5.41) is 33.8. The number of aromatic nitrogens is 2. The lowest BCUT2D eigenvalue weighted by Gasteiger charge is -2.14. The molecule has 0 saturated carbocycles. The van der Waals surface area contributed by atoms with Crippen molar-refractivity contribution in [2.24, 2.45) is 0 Å². The highest BCUT2D eigenvalue weighted by Crippen LogP contribution is 2.29. The van der Waals surface area contributed by atoms with Crippen LogP contribution >= 0.6 is 0 Å². The molecule has 0 radical (unpaired) electrons. The first-order valence-corrected chi connectivity index (χ1v) is 11.3. The van der Waals surface area contributed by atoms with E-state index in [-0.39, 0.29) is 36.5 Å². The lowest BCUT2D eigenvalue weighted by molar-refractivity contribution is 0.0541. The molecule has 0 spiro atoms. The van der Waals surface area contributed by atoms with Gasteiger partial charge in [-0.3, -0.25) is 15.5 Å². The highest BCUT2D eigenvalue weighted by Gasteiger charge is 2.16. The Hall–Kier alpha value is -3.96. The molecule has 11 heteroatoms. The van der Waals surface area contributed by atoms with Crippen molar-refractivity contribution in [3.05, 3.63) is 53.3 Å². The van der Waals surface area contributed by atoms with Crippen LogP contribution in [0, 0.1) is 12.3 Å². The van der Waals surface area contributed by atoms with Crippen LogP contribution < -0.4 is 26.8 Å². The first kappa shape index (κ1) is 25.7. The van der Waals surface area contributed by atoms with Crippen molar-refractivity contribution in [2.45, 2.75) is 32.3 Å². The molecule has 0 saturated heterocycles. The highest BCUT2D eigenvalue weighted by atomic mass is 16.5. The summed E-state index contributed by atoms with van der Waals surface area (Å²) in [6.07, 6.45) is 1.52. The number of aryl methyl sites for hydroxylation is 2. The minimum atomic E-state index is -0.926. The lowest BCUT2D eigenvalue weighted by atomic mass is 9.99. The summed E-state index contributed by atoms with van der Waals surface area (Å²) in [6, 6.07) is 11.7. The van der Waals surface area contributed by atoms with Crippen LogP contribution in [0.25, 0.3) is 10.8 Å². The standard InChI is InChI=1S/C24H31N7O4/c1-14-21(25)30-22(26)20(29-14)23(34)31-24(27)28-11-5-4-6-15-9-10-19(35-13-16(33)12-32)18-8-3-2-7-17(15)18/h2-3,7-10,16,32-33H,4-6,11-13H2,1H3,(H4,25,26,30)(H3,27,28,31,34). The predicted molar refractivity (Wildman–Crippen MR) is 134 cm³/mol. The molecule has 9 N–H and O–H groups in total. The third kappa shape index (κ3) is 6.78. The van der Waals surface area contributed by atoms with E-state index in [1.165, 1.54) is 0 Å². The molecule has 11 nitrogen and oxygen atoms in total. The van der Waals surface area contributed by atoms with Crippen molar-refractivity contribution in [3.63, 3.8) is 0 Å². The van der Waals surface area contributed by atoms with E-state index in [4.69, 9.17) is 26.7 Å². The number of fused-ring (bicyclic) bond motifs is 1. The highest BCUT2D eigenvalue weighted by molar-refractivity contribution is 6.06. The van der Waals surface area contributed by atoms with E-state index in [9.17, 15) is 9.90 Å². The SMILES string of the molecule is Cc1nc(C(=O)NC(=N)NCCCCc2ccc(OCC(O)CO)c3ccccc23)c(N)nc1N. The molecular weight excluding hydrogens is 450 g/mol. The minimum Gasteiger partial charge on any atom is -0.490 e. The van der Waals surface area contributed by atoms with Crippen LogP contribution in [-0.2, 0) is 6.42 Å². The Balaban J connectivity index is 1.48. The molecule has 186 valence electrons. The molecule has 0 aliphatic carbocycles. The molecule has 3 aromatic rings. The Kier molecular flexibility index (Phi) is 8.76. The quantitative estimate of drug-likeness (QED) is 0.126. The third-order valence-electron chi connectivity index (χ3n) is 5.38. The zero-order valence-electron chi connectivity index (χ0n) is 19.5. The number of ether oxygens (including phenoxy) is 1. The van der Waals surface area contributed by atoms with E-state index in [2.05, 4.69) is 20.6 Å². The lowest BCUT2D eigenvalue weighted by Crippen LogP contribution is -2.41. The second-order valence-electron chi connectivity index (χ2n) is 8.06. The predicted octanol–water partition coefficient (Wildman–Crippen LogP) is 1.11. The summed E-state index contributed by atoms with van der Waals surface area (Å²) in [5.74, 6) is -0.0581. The van der Waals surface area contributed by atoms with Gasteiger partial charge in [-0.05, 0) is 43.2 Å². The van der Waals surface area contributed by atoms with Crippen molar-refractivity contribution in [1.29, 1.82) is 5.41 Å². The van der Waals surface area contributed by atoms with Crippen LogP contribution in [0.3, 0.4) is 0 Å². The van der Waals surface area contributed by atoms with Gasteiger partial charge in [0.25, 0.3) is 5.91 Å². The summed E-state index contributed by atoms with van der Waals surface area (Å²) in [4.78, 5) is 20.2. The van der Waals surface area contributed by atoms with Gasteiger partial charge in [-0.1, -0.05) is 30.3 Å². The summed E-state index contributed by atoms with van der Waals surface area (Å²) >= 11 is 0. The fourth-order valence-electron chi connectivity index (χ4n) is 3.50. The van der Waals surface area contributed by atoms with Crippen LogP contribution in [0.2, 0.25) is 0 Å². The Morgan fingerprint density at radius 3 is 2.60 bits per heavy atom. The Morgan fingerprint density at radius 2 is 1.86 bits per heavy atom. The maximum Gasteiger partial charge on any atom is 0.280 e. The number of nitrogen functional groups attached to an aromatic ring is 2. The van der Waals surface area contributed by atoms with Gasteiger partial charge in [0.05, 0.1) is 12.3 Å². The molecule has 0 bridgehead atoms. The molecule has 0 aliphatic rings. The number of anilines is 2. The number of amides is 1. The number of hydrogen-bond acceptors (Lipinski definition) is 9. The number of hydrogen-bond donors (Lipinski definition) is 7. The first-order chi connectivity index (χ1) is 16.8. The molecule has 35 heavy (non-hydrogen) atoms. The second kappa shape index (κ2) is 12.0. The zero-order valence-corrected chi connectivity index (χ0v) is 19.5. The van der Waals surface area contributed by atoms with Crippen LogP contribution in [0.5, 0.6) is 5.75 Å². The van der Waals surface area contributed by atoms with E-state index in [0.29, 0.717) is 18.0 Å². The molecule has 1 aromatic heterocycles. The number of benzene rings is 2. The minimum absolute atomic E-state index is 0.0190. The number of nitrogens with two attached hydrogens (primary N) is 2. The molecule has 2 aromatic carbocycles. The van der Waals surface area contributed by atoms with Gasteiger partial charge in [0.2, 0.25) is 0 Å². The summed E-state index contributed by atoms with van der Waals surface area (Å²) in [5.41, 5.74) is 12.8. The van der Waals surface area contributed by atoms with Crippen LogP contribution in [0.15, 0.2) is 36.4 Å². The number of nitrogens with one attached hydrogen (secondary N) is 3. The molecule has 1 atom stereocenters. The van der Waals surface area contributed by atoms with E-state index < -0.39 is 12.0 Å². The van der Waals surface area contributed by atoms with Crippen LogP contribution in [-0.4, -0.2) is 57.9 Å². The van der Waals surface area contributed by atoms with E-state index in [1.807, 2.05) is 36.4 Å². The molecule has 1 heterocycles. The number of aliphatic hydroxyl groups is 2. The number of nitrogens with zero attached hydrogens (tertiary/aromatic N) is 2. The fourth-order valence-corrected chi connectivity index (χ4v) is 3.50. The van der Waals surface area contributed by atoms with E-state index in [1.54, 1.807) is 6.92 Å². The van der Waals surface area contributed by atoms with Crippen molar-refractivity contribution in [1.82, 2.24) is 20.6 Å². The third-order valence-corrected chi connectivity index (χ3v) is 5.38. The van der Waals surface area contributed by atoms with Gasteiger partial charge in [0.1, 0.15) is 24.3 Å². The average Bonchev–Trinajstić information content (AvgIpc) is 2.84. The van der Waals surface area contributed by atoms with Crippen LogP contribution in [0.4, 0.5) is 11.6 Å². The number of carbonyl (C=O) groups excluding carboxylic acids is 1. The Labute approximate surface area is 203 Å². The van der Waals surface area contributed by atoms with Crippen molar-refractivity contribution in [2.75, 3.05) is 31.2 Å². The van der Waals surface area contributed by atoms with Crippen molar-refractivity contribution in [3.8, 4) is 5.75 Å². The molecule has 1 unspecified atom stereocenters. The van der Waals surface area contributed by atoms with Gasteiger partial charge in [-0.15, -0.1) is 0 Å².